The standard InChI is InChI=1S/C13H17ClO.C2H7N/c1-4-10(12(14)5-2)11-8-6-7-9-13(11)15-3;1-3-2/h4-5,9,11H,1-2,6-8H2,3H3;3H,1-2H3/b12-10-;. The number of ether oxygens (including phenoxy) is 1. The minimum Gasteiger partial charge on any atom is -0.501 e. The van der Waals surface area contributed by atoms with Gasteiger partial charge in [-0.1, -0.05) is 36.9 Å². The fourth-order valence-corrected chi connectivity index (χ4v) is 2.12. The summed E-state index contributed by atoms with van der Waals surface area (Å²) in [5, 5.41) is 3.42. The Labute approximate surface area is 116 Å². The molecule has 0 saturated carbocycles. The normalized spacial score (nSPS) is 19.8. The van der Waals surface area contributed by atoms with E-state index in [1.165, 1.54) is 0 Å². The first-order valence-corrected chi connectivity index (χ1v) is 6.51. The van der Waals surface area contributed by atoms with Crippen LogP contribution in [0.4, 0.5) is 0 Å². The Morgan fingerprint density at radius 3 is 2.50 bits per heavy atom. The zero-order valence-corrected chi connectivity index (χ0v) is 12.4. The van der Waals surface area contributed by atoms with Crippen LogP contribution in [0.3, 0.4) is 0 Å². The van der Waals surface area contributed by atoms with E-state index in [9.17, 15) is 0 Å². The summed E-state index contributed by atoms with van der Waals surface area (Å²) < 4.78 is 5.37. The lowest BCUT2D eigenvalue weighted by molar-refractivity contribution is 0.239. The van der Waals surface area contributed by atoms with Crippen LogP contribution in [0.15, 0.2) is 47.8 Å². The molecule has 18 heavy (non-hydrogen) atoms. The first-order valence-electron chi connectivity index (χ1n) is 6.13. The highest BCUT2D eigenvalue weighted by Gasteiger charge is 2.22. The second kappa shape index (κ2) is 9.98. The van der Waals surface area contributed by atoms with Crippen molar-refractivity contribution in [1.82, 2.24) is 5.32 Å². The molecule has 0 saturated heterocycles. The Morgan fingerprint density at radius 1 is 1.44 bits per heavy atom. The molecule has 0 aromatic carbocycles. The lowest BCUT2D eigenvalue weighted by Gasteiger charge is -2.24. The van der Waals surface area contributed by atoms with Crippen molar-refractivity contribution in [2.45, 2.75) is 19.3 Å². The van der Waals surface area contributed by atoms with Crippen LogP contribution in [0.25, 0.3) is 0 Å². The zero-order valence-electron chi connectivity index (χ0n) is 11.6. The van der Waals surface area contributed by atoms with Crippen LogP contribution in [0.2, 0.25) is 0 Å². The van der Waals surface area contributed by atoms with Gasteiger partial charge in [0.2, 0.25) is 0 Å². The van der Waals surface area contributed by atoms with Gasteiger partial charge in [0.15, 0.2) is 0 Å². The van der Waals surface area contributed by atoms with E-state index in [4.69, 9.17) is 16.3 Å². The molecule has 0 aromatic heterocycles. The van der Waals surface area contributed by atoms with E-state index in [0.717, 1.165) is 30.6 Å². The van der Waals surface area contributed by atoms with Gasteiger partial charge >= 0.3 is 0 Å². The maximum Gasteiger partial charge on any atom is 0.0990 e. The number of hydrogen-bond donors (Lipinski definition) is 1. The van der Waals surface area contributed by atoms with Gasteiger partial charge in [-0.05, 0) is 45.0 Å². The van der Waals surface area contributed by atoms with Crippen molar-refractivity contribution in [3.63, 3.8) is 0 Å². The molecule has 0 aromatic rings. The quantitative estimate of drug-likeness (QED) is 0.779. The molecule has 0 fully saturated rings. The second-order valence-electron chi connectivity index (χ2n) is 4.01. The van der Waals surface area contributed by atoms with Gasteiger partial charge in [-0.2, -0.15) is 0 Å². The Balaban J connectivity index is 0.000000873. The molecule has 0 radical (unpaired) electrons. The number of methoxy groups -OCH3 is 1. The van der Waals surface area contributed by atoms with Gasteiger partial charge in [0, 0.05) is 11.0 Å². The molecule has 0 heterocycles. The van der Waals surface area contributed by atoms with Crippen molar-refractivity contribution in [3.05, 3.63) is 47.8 Å². The zero-order chi connectivity index (χ0) is 14.0. The molecule has 1 N–H and O–H groups in total. The Hall–Kier alpha value is -0.990. The van der Waals surface area contributed by atoms with E-state index in [0.29, 0.717) is 5.03 Å². The van der Waals surface area contributed by atoms with Gasteiger partial charge in [0.25, 0.3) is 0 Å². The molecular formula is C15H24ClNO. The average Bonchev–Trinajstić information content (AvgIpc) is 2.40. The molecule has 0 amide bonds. The highest BCUT2D eigenvalue weighted by Crippen LogP contribution is 2.34. The van der Waals surface area contributed by atoms with Crippen LogP contribution in [0, 0.1) is 5.92 Å². The van der Waals surface area contributed by atoms with Crippen molar-refractivity contribution in [1.29, 1.82) is 0 Å². The maximum absolute atomic E-state index is 6.09. The lowest BCUT2D eigenvalue weighted by atomic mass is 9.87. The fourth-order valence-electron chi connectivity index (χ4n) is 1.91. The van der Waals surface area contributed by atoms with E-state index < -0.39 is 0 Å². The monoisotopic (exact) mass is 269 g/mol. The topological polar surface area (TPSA) is 21.3 Å². The van der Waals surface area contributed by atoms with Gasteiger partial charge in [-0.3, -0.25) is 0 Å². The van der Waals surface area contributed by atoms with E-state index in [1.807, 2.05) is 14.1 Å². The highest BCUT2D eigenvalue weighted by molar-refractivity contribution is 6.31. The number of rotatable bonds is 4. The number of allylic oxidation sites excluding steroid dienone is 5. The van der Waals surface area contributed by atoms with Crippen molar-refractivity contribution >= 4 is 11.6 Å². The van der Waals surface area contributed by atoms with Crippen LogP contribution in [-0.4, -0.2) is 21.2 Å². The third-order valence-electron chi connectivity index (χ3n) is 2.67. The second-order valence-corrected chi connectivity index (χ2v) is 4.41. The highest BCUT2D eigenvalue weighted by atomic mass is 35.5. The summed E-state index contributed by atoms with van der Waals surface area (Å²) in [6, 6.07) is 0. The predicted molar refractivity (Wildman–Crippen MR) is 80.7 cm³/mol. The van der Waals surface area contributed by atoms with E-state index in [2.05, 4.69) is 24.6 Å². The Morgan fingerprint density at radius 2 is 2.06 bits per heavy atom. The number of hydrogen-bond acceptors (Lipinski definition) is 2. The number of nitrogens with one attached hydrogen (secondary N) is 1. The fraction of sp³-hybridized carbons (Fsp3) is 0.467. The molecule has 1 unspecified atom stereocenters. The largest absolute Gasteiger partial charge is 0.501 e. The molecule has 1 atom stereocenters. The van der Waals surface area contributed by atoms with Crippen molar-refractivity contribution in [2.75, 3.05) is 21.2 Å². The summed E-state index contributed by atoms with van der Waals surface area (Å²) in [7, 11) is 5.45. The summed E-state index contributed by atoms with van der Waals surface area (Å²) in [6.07, 6.45) is 8.88. The summed E-state index contributed by atoms with van der Waals surface area (Å²) in [6.45, 7) is 7.48. The molecule has 2 nitrogen and oxygen atoms in total. The first-order chi connectivity index (χ1) is 8.65. The number of halogens is 1. The van der Waals surface area contributed by atoms with E-state index in [1.54, 1.807) is 19.3 Å². The molecule has 1 rings (SSSR count). The lowest BCUT2D eigenvalue weighted by Crippen LogP contribution is -2.12. The van der Waals surface area contributed by atoms with Gasteiger partial charge in [0.05, 0.1) is 12.9 Å². The van der Waals surface area contributed by atoms with Crippen LogP contribution in [0.1, 0.15) is 19.3 Å². The minimum atomic E-state index is 0.242. The smallest absolute Gasteiger partial charge is 0.0990 e. The molecule has 0 spiro atoms. The maximum atomic E-state index is 6.09. The molecule has 3 heteroatoms. The Bertz CT molecular complexity index is 331. The summed E-state index contributed by atoms with van der Waals surface area (Å²) >= 11 is 6.09. The first kappa shape index (κ1) is 17.0. The SMILES string of the molecule is C=C/C(Cl)=C(\C=C)C1CCCC=C1OC.CNC. The molecule has 1 aliphatic rings. The van der Waals surface area contributed by atoms with Crippen molar-refractivity contribution in [2.24, 2.45) is 5.92 Å². The van der Waals surface area contributed by atoms with Crippen LogP contribution in [0.5, 0.6) is 0 Å². The van der Waals surface area contributed by atoms with E-state index in [-0.39, 0.29) is 5.92 Å². The summed E-state index contributed by atoms with van der Waals surface area (Å²) in [4.78, 5) is 0. The van der Waals surface area contributed by atoms with Crippen molar-refractivity contribution < 1.29 is 4.74 Å². The van der Waals surface area contributed by atoms with Crippen LogP contribution < -0.4 is 5.32 Å². The third kappa shape index (κ3) is 5.11. The van der Waals surface area contributed by atoms with Crippen LogP contribution >= 0.6 is 11.6 Å². The van der Waals surface area contributed by atoms with E-state index >= 15 is 0 Å². The van der Waals surface area contributed by atoms with Crippen LogP contribution in [-0.2, 0) is 4.74 Å². The molecular weight excluding hydrogens is 246 g/mol. The molecule has 0 bridgehead atoms. The molecule has 1 aliphatic carbocycles. The van der Waals surface area contributed by atoms with Gasteiger partial charge in [-0.25, -0.2) is 0 Å². The molecule has 0 aliphatic heterocycles. The van der Waals surface area contributed by atoms with Gasteiger partial charge in [-0.15, -0.1) is 0 Å². The minimum absolute atomic E-state index is 0.242. The molecule has 102 valence electrons. The van der Waals surface area contributed by atoms with Gasteiger partial charge in [0.1, 0.15) is 0 Å². The Kier molecular flexibility index (Phi) is 9.43. The van der Waals surface area contributed by atoms with Crippen molar-refractivity contribution in [3.8, 4) is 0 Å². The third-order valence-corrected chi connectivity index (χ3v) is 3.04. The van der Waals surface area contributed by atoms with Gasteiger partial charge < -0.3 is 10.1 Å². The summed E-state index contributed by atoms with van der Waals surface area (Å²) in [5.74, 6) is 1.24. The average molecular weight is 270 g/mol. The predicted octanol–water partition coefficient (Wildman–Crippen LogP) is 4.02. The summed E-state index contributed by atoms with van der Waals surface area (Å²) in [5.41, 5.74) is 1.01.